The molecule has 7 nitrogen and oxygen atoms in total. The van der Waals surface area contributed by atoms with Gasteiger partial charge in [-0.15, -0.1) is 11.8 Å². The molecule has 0 aliphatic carbocycles. The maximum absolute atomic E-state index is 14.2. The third kappa shape index (κ3) is 5.58. The van der Waals surface area contributed by atoms with E-state index in [0.29, 0.717) is 11.4 Å². The maximum Gasteiger partial charge on any atom is 0.269 e. The topological polar surface area (TPSA) is 89.5 Å². The van der Waals surface area contributed by atoms with Crippen molar-refractivity contribution in [3.63, 3.8) is 0 Å². The van der Waals surface area contributed by atoms with Crippen LogP contribution in [-0.4, -0.2) is 27.4 Å². The Balaban J connectivity index is 1.53. The summed E-state index contributed by atoms with van der Waals surface area (Å²) in [5.74, 6) is 0.179. The van der Waals surface area contributed by atoms with E-state index in [1.165, 1.54) is 30.0 Å². The second-order valence-electron chi connectivity index (χ2n) is 6.82. The summed E-state index contributed by atoms with van der Waals surface area (Å²) >= 11 is 1.38. The van der Waals surface area contributed by atoms with E-state index in [-0.39, 0.29) is 23.2 Å². The molecular weight excluding hydrogens is 419 g/mol. The van der Waals surface area contributed by atoms with Gasteiger partial charge < -0.3 is 4.57 Å². The van der Waals surface area contributed by atoms with Gasteiger partial charge in [0, 0.05) is 34.8 Å². The summed E-state index contributed by atoms with van der Waals surface area (Å²) in [5, 5.41) is 14.7. The number of benzene rings is 2. The van der Waals surface area contributed by atoms with Crippen LogP contribution in [0.25, 0.3) is 5.69 Å². The van der Waals surface area contributed by atoms with Gasteiger partial charge in [-0.1, -0.05) is 24.3 Å². The van der Waals surface area contributed by atoms with E-state index in [1.807, 2.05) is 19.9 Å². The molecular formula is C22H21FN4O3S. The van der Waals surface area contributed by atoms with Crippen LogP contribution in [-0.2, 0) is 10.5 Å². The molecule has 0 spiro atoms. The highest BCUT2D eigenvalue weighted by Crippen LogP contribution is 2.22. The van der Waals surface area contributed by atoms with Crippen LogP contribution in [0.2, 0.25) is 0 Å². The zero-order valence-corrected chi connectivity index (χ0v) is 17.9. The van der Waals surface area contributed by atoms with Crippen LogP contribution in [0.4, 0.5) is 10.1 Å². The van der Waals surface area contributed by atoms with Crippen LogP contribution in [0.1, 0.15) is 22.5 Å². The first-order valence-electron chi connectivity index (χ1n) is 9.43. The Morgan fingerprint density at radius 3 is 2.61 bits per heavy atom. The van der Waals surface area contributed by atoms with Crippen molar-refractivity contribution in [1.29, 1.82) is 0 Å². The highest BCUT2D eigenvalue weighted by Gasteiger charge is 2.12. The molecule has 0 atom stereocenters. The number of amides is 1. The minimum absolute atomic E-state index is 0.0372. The lowest BCUT2D eigenvalue weighted by molar-refractivity contribution is -0.384. The first-order chi connectivity index (χ1) is 14.9. The number of halogens is 1. The SMILES string of the molecule is Cc1cc(/C=N/NC(=O)CSCc2ccc([N+](=O)[O-])cc2)c(C)n1-c1ccccc1F. The number of para-hydroxylation sites is 1. The van der Waals surface area contributed by atoms with Crippen molar-refractivity contribution < 1.29 is 14.1 Å². The Hall–Kier alpha value is -3.46. The molecule has 2 aromatic carbocycles. The fourth-order valence-corrected chi connectivity index (χ4v) is 3.88. The van der Waals surface area contributed by atoms with Crippen molar-refractivity contribution >= 4 is 29.6 Å². The highest BCUT2D eigenvalue weighted by atomic mass is 32.2. The lowest BCUT2D eigenvalue weighted by atomic mass is 10.2. The van der Waals surface area contributed by atoms with Crippen molar-refractivity contribution in [1.82, 2.24) is 9.99 Å². The average Bonchev–Trinajstić information content (AvgIpc) is 3.02. The van der Waals surface area contributed by atoms with E-state index < -0.39 is 4.92 Å². The number of carbonyl (C=O) groups excluding carboxylic acids is 1. The number of hydrogen-bond donors (Lipinski definition) is 1. The standard InChI is InChI=1S/C22H21FN4O3S/c1-15-11-18(16(2)26(15)21-6-4-3-5-20(21)23)12-24-25-22(28)14-31-13-17-7-9-19(10-8-17)27(29)30/h3-12H,13-14H2,1-2H3,(H,25,28)/b24-12+. The molecule has 0 saturated heterocycles. The molecule has 3 rings (SSSR count). The first kappa shape index (κ1) is 22.2. The summed E-state index contributed by atoms with van der Waals surface area (Å²) in [6.45, 7) is 3.74. The predicted octanol–water partition coefficient (Wildman–Crippen LogP) is 4.52. The van der Waals surface area contributed by atoms with Gasteiger partial charge in [0.15, 0.2) is 0 Å². The van der Waals surface area contributed by atoms with Gasteiger partial charge in [0.05, 0.1) is 22.6 Å². The summed E-state index contributed by atoms with van der Waals surface area (Å²) in [7, 11) is 0. The summed E-state index contributed by atoms with van der Waals surface area (Å²) in [6.07, 6.45) is 1.54. The Morgan fingerprint density at radius 1 is 1.23 bits per heavy atom. The number of nitro benzene ring substituents is 1. The molecule has 0 aliphatic rings. The number of hydrazone groups is 1. The van der Waals surface area contributed by atoms with Gasteiger partial charge in [0.2, 0.25) is 5.91 Å². The van der Waals surface area contributed by atoms with Gasteiger partial charge in [0.25, 0.3) is 5.69 Å². The fourth-order valence-electron chi connectivity index (χ4n) is 3.10. The maximum atomic E-state index is 14.2. The number of aryl methyl sites for hydroxylation is 1. The Bertz CT molecular complexity index is 1130. The van der Waals surface area contributed by atoms with Gasteiger partial charge in [-0.2, -0.15) is 5.10 Å². The lowest BCUT2D eigenvalue weighted by Gasteiger charge is -2.10. The Labute approximate surface area is 183 Å². The molecule has 1 aromatic heterocycles. The number of rotatable bonds is 8. The van der Waals surface area contributed by atoms with Crippen molar-refractivity contribution in [3.05, 3.63) is 93.0 Å². The summed E-state index contributed by atoms with van der Waals surface area (Å²) in [4.78, 5) is 22.2. The number of aromatic nitrogens is 1. The van der Waals surface area contributed by atoms with Crippen molar-refractivity contribution in [2.24, 2.45) is 5.10 Å². The van der Waals surface area contributed by atoms with E-state index >= 15 is 0 Å². The fraction of sp³-hybridized carbons (Fsp3) is 0.182. The molecule has 0 radical (unpaired) electrons. The molecule has 0 aliphatic heterocycles. The van der Waals surface area contributed by atoms with Crippen LogP contribution in [0, 0.1) is 29.8 Å². The van der Waals surface area contributed by atoms with Crippen molar-refractivity contribution in [3.8, 4) is 5.69 Å². The molecule has 0 unspecified atom stereocenters. The van der Waals surface area contributed by atoms with Gasteiger partial charge in [0.1, 0.15) is 5.82 Å². The molecule has 160 valence electrons. The molecule has 31 heavy (non-hydrogen) atoms. The Morgan fingerprint density at radius 2 is 1.94 bits per heavy atom. The number of hydrogen-bond acceptors (Lipinski definition) is 5. The van der Waals surface area contributed by atoms with E-state index in [1.54, 1.807) is 41.1 Å². The molecule has 3 aromatic rings. The van der Waals surface area contributed by atoms with Gasteiger partial charge in [-0.25, -0.2) is 9.82 Å². The molecule has 9 heteroatoms. The average molecular weight is 441 g/mol. The van der Waals surface area contributed by atoms with Gasteiger partial charge in [-0.3, -0.25) is 14.9 Å². The monoisotopic (exact) mass is 440 g/mol. The van der Waals surface area contributed by atoms with Crippen LogP contribution in [0.15, 0.2) is 59.7 Å². The highest BCUT2D eigenvalue weighted by molar-refractivity contribution is 7.99. The third-order valence-electron chi connectivity index (χ3n) is 4.61. The third-order valence-corrected chi connectivity index (χ3v) is 5.61. The van der Waals surface area contributed by atoms with Crippen LogP contribution >= 0.6 is 11.8 Å². The van der Waals surface area contributed by atoms with E-state index in [0.717, 1.165) is 22.5 Å². The Kier molecular flexibility index (Phi) is 7.19. The van der Waals surface area contributed by atoms with Crippen LogP contribution < -0.4 is 5.43 Å². The first-order valence-corrected chi connectivity index (χ1v) is 10.6. The molecule has 1 heterocycles. The van der Waals surface area contributed by atoms with Gasteiger partial charge in [-0.05, 0) is 37.6 Å². The summed E-state index contributed by atoms with van der Waals surface area (Å²) in [5.41, 5.74) is 6.33. The summed E-state index contributed by atoms with van der Waals surface area (Å²) in [6, 6.07) is 14.6. The van der Waals surface area contributed by atoms with E-state index in [2.05, 4.69) is 10.5 Å². The van der Waals surface area contributed by atoms with Crippen LogP contribution in [0.3, 0.4) is 0 Å². The smallest absolute Gasteiger partial charge is 0.269 e. The van der Waals surface area contributed by atoms with E-state index in [9.17, 15) is 19.3 Å². The normalized spacial score (nSPS) is 11.1. The summed E-state index contributed by atoms with van der Waals surface area (Å²) < 4.78 is 16.0. The zero-order chi connectivity index (χ0) is 22.4. The number of nitrogens with one attached hydrogen (secondary N) is 1. The zero-order valence-electron chi connectivity index (χ0n) is 17.0. The van der Waals surface area contributed by atoms with Gasteiger partial charge >= 0.3 is 0 Å². The number of non-ortho nitro benzene ring substituents is 1. The minimum Gasteiger partial charge on any atom is -0.315 e. The second kappa shape index (κ2) is 10.0. The lowest BCUT2D eigenvalue weighted by Crippen LogP contribution is -2.19. The molecule has 0 saturated carbocycles. The molecule has 0 bridgehead atoms. The number of nitrogens with zero attached hydrogens (tertiary/aromatic N) is 3. The molecule has 0 fully saturated rings. The number of thioether (sulfide) groups is 1. The van der Waals surface area contributed by atoms with Crippen molar-refractivity contribution in [2.45, 2.75) is 19.6 Å². The molecule has 1 N–H and O–H groups in total. The largest absolute Gasteiger partial charge is 0.315 e. The quantitative estimate of drug-likeness (QED) is 0.317. The number of nitro groups is 1. The van der Waals surface area contributed by atoms with Crippen LogP contribution in [0.5, 0.6) is 0 Å². The minimum atomic E-state index is -0.448. The second-order valence-corrected chi connectivity index (χ2v) is 7.81. The van der Waals surface area contributed by atoms with Crippen molar-refractivity contribution in [2.75, 3.05) is 5.75 Å². The van der Waals surface area contributed by atoms with E-state index in [4.69, 9.17) is 0 Å². The number of carbonyl (C=O) groups is 1. The predicted molar refractivity (Wildman–Crippen MR) is 120 cm³/mol. The molecule has 1 amide bonds.